The van der Waals surface area contributed by atoms with E-state index >= 15 is 0 Å². The van der Waals surface area contributed by atoms with Gasteiger partial charge in [-0.1, -0.05) is 48.5 Å². The fourth-order valence-corrected chi connectivity index (χ4v) is 5.52. The SMILES string of the molecule is O=C(CN1CCC(Cc2ccccc2)CC1)N1N=C(c2cccc(F)c2)C[C@@H]1c1ccc2c(c1)OCO2. The van der Waals surface area contributed by atoms with Crippen molar-refractivity contribution in [3.8, 4) is 11.5 Å². The summed E-state index contributed by atoms with van der Waals surface area (Å²) in [6.45, 7) is 2.30. The summed E-state index contributed by atoms with van der Waals surface area (Å²) < 4.78 is 25.0. The van der Waals surface area contributed by atoms with Gasteiger partial charge in [-0.3, -0.25) is 9.69 Å². The standard InChI is InChI=1S/C30H30FN3O3/c31-25-8-4-7-23(16-25)26-18-27(24-9-10-28-29(17-24)37-20-36-28)34(32-26)30(35)19-33-13-11-22(12-14-33)15-21-5-2-1-3-6-21/h1-10,16-17,22,27H,11-15,18-20H2/t27-/m1/s1. The summed E-state index contributed by atoms with van der Waals surface area (Å²) in [7, 11) is 0. The molecule has 1 amide bonds. The van der Waals surface area contributed by atoms with Gasteiger partial charge in [0.15, 0.2) is 11.5 Å². The monoisotopic (exact) mass is 499 g/mol. The smallest absolute Gasteiger partial charge is 0.257 e. The molecule has 37 heavy (non-hydrogen) atoms. The van der Waals surface area contributed by atoms with E-state index in [0.29, 0.717) is 41.7 Å². The zero-order valence-electron chi connectivity index (χ0n) is 20.7. The molecule has 0 aliphatic carbocycles. The second-order valence-electron chi connectivity index (χ2n) is 10.0. The Bertz CT molecular complexity index is 1300. The first-order valence-electron chi connectivity index (χ1n) is 12.9. The van der Waals surface area contributed by atoms with Crippen LogP contribution in [0.5, 0.6) is 11.5 Å². The molecule has 1 atom stereocenters. The van der Waals surface area contributed by atoms with Crippen LogP contribution >= 0.6 is 0 Å². The van der Waals surface area contributed by atoms with Crippen LogP contribution in [0.4, 0.5) is 4.39 Å². The van der Waals surface area contributed by atoms with E-state index in [4.69, 9.17) is 14.6 Å². The molecule has 0 spiro atoms. The number of hydrazone groups is 1. The lowest BCUT2D eigenvalue weighted by molar-refractivity contribution is -0.134. The number of carbonyl (C=O) groups excluding carboxylic acids is 1. The van der Waals surface area contributed by atoms with Crippen LogP contribution < -0.4 is 9.47 Å². The first kappa shape index (κ1) is 23.7. The van der Waals surface area contributed by atoms with E-state index in [1.807, 2.05) is 24.3 Å². The lowest BCUT2D eigenvalue weighted by Crippen LogP contribution is -2.42. The van der Waals surface area contributed by atoms with Crippen LogP contribution in [-0.4, -0.2) is 48.0 Å². The van der Waals surface area contributed by atoms with Gasteiger partial charge >= 0.3 is 0 Å². The molecule has 1 fully saturated rings. The Balaban J connectivity index is 1.16. The molecule has 1 saturated heterocycles. The van der Waals surface area contributed by atoms with Gasteiger partial charge in [-0.2, -0.15) is 5.10 Å². The lowest BCUT2D eigenvalue weighted by Gasteiger charge is -2.33. The first-order chi connectivity index (χ1) is 18.1. The minimum Gasteiger partial charge on any atom is -0.454 e. The van der Waals surface area contributed by atoms with Crippen LogP contribution in [0, 0.1) is 11.7 Å². The molecule has 0 saturated carbocycles. The maximum atomic E-state index is 14.0. The number of piperidine rings is 1. The van der Waals surface area contributed by atoms with Crippen molar-refractivity contribution in [1.29, 1.82) is 0 Å². The molecule has 190 valence electrons. The topological polar surface area (TPSA) is 54.4 Å². The van der Waals surface area contributed by atoms with Crippen molar-refractivity contribution in [3.63, 3.8) is 0 Å². The minimum absolute atomic E-state index is 0.0458. The summed E-state index contributed by atoms with van der Waals surface area (Å²) >= 11 is 0. The Kier molecular flexibility index (Phi) is 6.62. The maximum absolute atomic E-state index is 14.0. The van der Waals surface area contributed by atoms with Gasteiger partial charge in [0.05, 0.1) is 18.3 Å². The quantitative estimate of drug-likeness (QED) is 0.469. The van der Waals surface area contributed by atoms with E-state index in [0.717, 1.165) is 37.9 Å². The van der Waals surface area contributed by atoms with Crippen LogP contribution in [0.1, 0.15) is 42.0 Å². The second kappa shape index (κ2) is 10.3. The molecular weight excluding hydrogens is 469 g/mol. The summed E-state index contributed by atoms with van der Waals surface area (Å²) in [5.74, 6) is 1.65. The number of rotatable bonds is 6. The van der Waals surface area contributed by atoms with Crippen LogP contribution in [0.25, 0.3) is 0 Å². The van der Waals surface area contributed by atoms with E-state index < -0.39 is 0 Å². The van der Waals surface area contributed by atoms with Crippen LogP contribution in [0.2, 0.25) is 0 Å². The van der Waals surface area contributed by atoms with Gasteiger partial charge in [0.2, 0.25) is 6.79 Å². The van der Waals surface area contributed by atoms with Gasteiger partial charge < -0.3 is 9.47 Å². The third kappa shape index (κ3) is 5.23. The number of halogens is 1. The fraction of sp³-hybridized carbons (Fsp3) is 0.333. The van der Waals surface area contributed by atoms with Crippen molar-refractivity contribution in [3.05, 3.63) is 95.3 Å². The molecule has 3 aliphatic heterocycles. The molecular formula is C30H30FN3O3. The Labute approximate surface area is 216 Å². The molecule has 0 radical (unpaired) electrons. The predicted octanol–water partition coefficient (Wildman–Crippen LogP) is 5.19. The van der Waals surface area contributed by atoms with E-state index in [1.54, 1.807) is 11.1 Å². The number of carbonyl (C=O) groups is 1. The van der Waals surface area contributed by atoms with Crippen LogP contribution in [-0.2, 0) is 11.2 Å². The molecule has 3 aliphatic rings. The Morgan fingerprint density at radius 3 is 2.57 bits per heavy atom. The average Bonchev–Trinajstić information content (AvgIpc) is 3.58. The van der Waals surface area contributed by atoms with Crippen molar-refractivity contribution in [2.24, 2.45) is 11.0 Å². The molecule has 0 bridgehead atoms. The number of benzene rings is 3. The Morgan fingerprint density at radius 2 is 1.76 bits per heavy atom. The highest BCUT2D eigenvalue weighted by Crippen LogP contribution is 2.39. The Morgan fingerprint density at radius 1 is 0.946 bits per heavy atom. The largest absolute Gasteiger partial charge is 0.454 e. The molecule has 3 aromatic carbocycles. The van der Waals surface area contributed by atoms with E-state index in [1.165, 1.54) is 17.7 Å². The first-order valence-corrected chi connectivity index (χ1v) is 12.9. The van der Waals surface area contributed by atoms with Crippen molar-refractivity contribution in [2.45, 2.75) is 31.7 Å². The molecule has 0 aromatic heterocycles. The second-order valence-corrected chi connectivity index (χ2v) is 10.0. The van der Waals surface area contributed by atoms with Gasteiger partial charge in [-0.15, -0.1) is 0 Å². The van der Waals surface area contributed by atoms with Crippen LogP contribution in [0.15, 0.2) is 77.9 Å². The molecule has 6 rings (SSSR count). The minimum atomic E-state index is -0.317. The third-order valence-corrected chi connectivity index (χ3v) is 7.54. The molecule has 3 heterocycles. The molecule has 3 aromatic rings. The number of hydrogen-bond donors (Lipinski definition) is 0. The van der Waals surface area contributed by atoms with Gasteiger partial charge in [0.1, 0.15) is 5.82 Å². The van der Waals surface area contributed by atoms with Gasteiger partial charge in [0, 0.05) is 12.0 Å². The van der Waals surface area contributed by atoms with Gasteiger partial charge in [-0.25, -0.2) is 9.40 Å². The number of hydrogen-bond acceptors (Lipinski definition) is 5. The summed E-state index contributed by atoms with van der Waals surface area (Å²) in [6.07, 6.45) is 3.74. The van der Waals surface area contributed by atoms with Crippen LogP contribution in [0.3, 0.4) is 0 Å². The zero-order valence-corrected chi connectivity index (χ0v) is 20.7. The van der Waals surface area contributed by atoms with Crippen molar-refractivity contribution in [2.75, 3.05) is 26.4 Å². The molecule has 0 N–H and O–H groups in total. The number of nitrogens with zero attached hydrogens (tertiary/aromatic N) is 3. The summed E-state index contributed by atoms with van der Waals surface area (Å²) in [6, 6.07) is 22.5. The highest BCUT2D eigenvalue weighted by molar-refractivity contribution is 6.03. The van der Waals surface area contributed by atoms with Gasteiger partial charge in [0.25, 0.3) is 5.91 Å². The predicted molar refractivity (Wildman–Crippen MR) is 139 cm³/mol. The summed E-state index contributed by atoms with van der Waals surface area (Å²) in [5, 5.41) is 6.31. The molecule has 6 nitrogen and oxygen atoms in total. The summed E-state index contributed by atoms with van der Waals surface area (Å²) in [4.78, 5) is 15.8. The fourth-order valence-electron chi connectivity index (χ4n) is 5.52. The number of ether oxygens (including phenoxy) is 2. The average molecular weight is 500 g/mol. The molecule has 0 unspecified atom stereocenters. The summed E-state index contributed by atoms with van der Waals surface area (Å²) in [5.41, 5.74) is 3.70. The number of amides is 1. The number of fused-ring (bicyclic) bond motifs is 1. The van der Waals surface area contributed by atoms with E-state index in [-0.39, 0.29) is 24.6 Å². The van der Waals surface area contributed by atoms with Crippen molar-refractivity contribution < 1.29 is 18.7 Å². The lowest BCUT2D eigenvalue weighted by atomic mass is 9.90. The van der Waals surface area contributed by atoms with Gasteiger partial charge in [-0.05, 0) is 73.7 Å². The number of likely N-dealkylation sites (tertiary alicyclic amines) is 1. The van der Waals surface area contributed by atoms with Crippen molar-refractivity contribution >= 4 is 11.6 Å². The normalized spacial score (nSPS) is 19.8. The zero-order chi connectivity index (χ0) is 25.2. The highest BCUT2D eigenvalue weighted by atomic mass is 19.1. The Hall–Kier alpha value is -3.71. The van der Waals surface area contributed by atoms with E-state index in [9.17, 15) is 9.18 Å². The van der Waals surface area contributed by atoms with Crippen molar-refractivity contribution in [1.82, 2.24) is 9.91 Å². The molecule has 7 heteroatoms. The maximum Gasteiger partial charge on any atom is 0.257 e. The highest BCUT2D eigenvalue weighted by Gasteiger charge is 2.35. The van der Waals surface area contributed by atoms with E-state index in [2.05, 4.69) is 35.2 Å². The third-order valence-electron chi connectivity index (χ3n) is 7.54.